The highest BCUT2D eigenvalue weighted by Crippen LogP contribution is 2.12. The van der Waals surface area contributed by atoms with E-state index in [1.165, 1.54) is 7.05 Å². The lowest BCUT2D eigenvalue weighted by Gasteiger charge is -2.16. The van der Waals surface area contributed by atoms with Gasteiger partial charge in [0.05, 0.1) is 0 Å². The van der Waals surface area contributed by atoms with Crippen molar-refractivity contribution >= 4 is 17.8 Å². The molecule has 1 N–H and O–H groups in total. The Morgan fingerprint density at radius 1 is 1.33 bits per heavy atom. The smallest absolute Gasteiger partial charge is 0.279 e. The lowest BCUT2D eigenvalue weighted by Crippen LogP contribution is -2.37. The zero-order chi connectivity index (χ0) is 9.46. The van der Waals surface area contributed by atoms with Gasteiger partial charge in [-0.3, -0.25) is 20.0 Å². The predicted molar refractivity (Wildman–Crippen MR) is 42.9 cm³/mol. The van der Waals surface area contributed by atoms with Crippen LogP contribution in [0.5, 0.6) is 0 Å². The largest absolute Gasteiger partial charge is 0.332 e. The van der Waals surface area contributed by atoms with Crippen LogP contribution in [0, 0.1) is 5.41 Å². The van der Waals surface area contributed by atoms with E-state index in [4.69, 9.17) is 5.41 Å². The Morgan fingerprint density at radius 3 is 2.00 bits per heavy atom. The van der Waals surface area contributed by atoms with Crippen LogP contribution >= 0.6 is 0 Å². The van der Waals surface area contributed by atoms with E-state index < -0.39 is 11.9 Å². The fraction of sp³-hybridized carbons (Fsp3) is 0.571. The fourth-order valence-corrected chi connectivity index (χ4v) is 1.06. The molecule has 12 heavy (non-hydrogen) atoms. The van der Waals surface area contributed by atoms with Gasteiger partial charge in [-0.25, -0.2) is 4.79 Å². The van der Waals surface area contributed by atoms with Crippen molar-refractivity contribution in [3.8, 4) is 0 Å². The van der Waals surface area contributed by atoms with Crippen LogP contribution in [0.15, 0.2) is 0 Å². The van der Waals surface area contributed by atoms with E-state index >= 15 is 0 Å². The van der Waals surface area contributed by atoms with Crippen molar-refractivity contribution in [3.63, 3.8) is 0 Å². The molecule has 0 atom stereocenters. The van der Waals surface area contributed by atoms with Crippen LogP contribution in [0.1, 0.15) is 13.8 Å². The molecule has 5 heteroatoms. The van der Waals surface area contributed by atoms with E-state index in [1.807, 2.05) is 0 Å². The first-order valence-electron chi connectivity index (χ1n) is 3.66. The molecule has 0 bridgehead atoms. The van der Waals surface area contributed by atoms with E-state index in [2.05, 4.69) is 0 Å². The summed E-state index contributed by atoms with van der Waals surface area (Å²) in [6.07, 6.45) is 0. The summed E-state index contributed by atoms with van der Waals surface area (Å²) in [6, 6.07) is -0.602. The lowest BCUT2D eigenvalue weighted by molar-refractivity contribution is -0.121. The van der Waals surface area contributed by atoms with Crippen LogP contribution in [0.2, 0.25) is 0 Å². The maximum atomic E-state index is 11.3. The molecule has 0 aromatic carbocycles. The Kier molecular flexibility index (Phi) is 1.87. The zero-order valence-corrected chi connectivity index (χ0v) is 7.29. The van der Waals surface area contributed by atoms with Gasteiger partial charge in [0.25, 0.3) is 5.91 Å². The van der Waals surface area contributed by atoms with Crippen LogP contribution in [0.4, 0.5) is 4.79 Å². The van der Waals surface area contributed by atoms with Crippen LogP contribution < -0.4 is 0 Å². The lowest BCUT2D eigenvalue weighted by atomic mass is 10.3. The molecule has 66 valence electrons. The summed E-state index contributed by atoms with van der Waals surface area (Å²) in [6.45, 7) is 3.48. The molecule has 1 fully saturated rings. The number of nitrogens with one attached hydrogen (secondary N) is 1. The Morgan fingerprint density at radius 2 is 1.83 bits per heavy atom. The number of amides is 3. The molecule has 0 saturated carbocycles. The molecule has 1 saturated heterocycles. The van der Waals surface area contributed by atoms with Gasteiger partial charge in [-0.1, -0.05) is 0 Å². The highest BCUT2D eigenvalue weighted by Gasteiger charge is 2.40. The van der Waals surface area contributed by atoms with E-state index in [0.717, 1.165) is 9.80 Å². The monoisotopic (exact) mass is 169 g/mol. The third-order valence-corrected chi connectivity index (χ3v) is 1.77. The number of carbonyl (C=O) groups excluding carboxylic acids is 2. The number of imide groups is 1. The minimum absolute atomic E-state index is 0.185. The molecule has 1 aliphatic heterocycles. The summed E-state index contributed by atoms with van der Waals surface area (Å²) < 4.78 is 0. The van der Waals surface area contributed by atoms with Gasteiger partial charge in [-0.05, 0) is 13.8 Å². The second kappa shape index (κ2) is 2.58. The van der Waals surface area contributed by atoms with Crippen LogP contribution in [-0.4, -0.2) is 40.7 Å². The normalized spacial score (nSPS) is 18.5. The molecule has 5 nitrogen and oxygen atoms in total. The average Bonchev–Trinajstić information content (AvgIpc) is 2.16. The molecule has 3 amide bonds. The van der Waals surface area contributed by atoms with Gasteiger partial charge >= 0.3 is 6.03 Å². The van der Waals surface area contributed by atoms with E-state index in [-0.39, 0.29) is 11.9 Å². The van der Waals surface area contributed by atoms with Crippen molar-refractivity contribution in [1.29, 1.82) is 5.41 Å². The zero-order valence-electron chi connectivity index (χ0n) is 7.29. The number of likely N-dealkylation sites (N-methyl/N-ethyl adjacent to an activating group) is 1. The minimum atomic E-state index is -0.516. The molecule has 0 spiro atoms. The molecule has 0 radical (unpaired) electrons. The molecule has 0 unspecified atom stereocenters. The topological polar surface area (TPSA) is 64.5 Å². The number of hydrogen-bond acceptors (Lipinski definition) is 3. The molecular formula is C7H11N3O2. The number of nitrogens with zero attached hydrogens (tertiary/aromatic N) is 2. The molecule has 1 heterocycles. The van der Waals surface area contributed by atoms with Crippen molar-refractivity contribution in [2.24, 2.45) is 0 Å². The van der Waals surface area contributed by atoms with Gasteiger partial charge in [0, 0.05) is 13.1 Å². The minimum Gasteiger partial charge on any atom is -0.279 e. The van der Waals surface area contributed by atoms with Gasteiger partial charge in [-0.15, -0.1) is 0 Å². The summed E-state index contributed by atoms with van der Waals surface area (Å²) in [4.78, 5) is 24.6. The number of hydrogen-bond donors (Lipinski definition) is 1. The second-order valence-electron chi connectivity index (χ2n) is 2.96. The highest BCUT2D eigenvalue weighted by atomic mass is 16.2. The van der Waals surface area contributed by atoms with Crippen LogP contribution in [0.3, 0.4) is 0 Å². The maximum Gasteiger partial charge on any atom is 0.332 e. The third kappa shape index (κ3) is 0.975. The third-order valence-electron chi connectivity index (χ3n) is 1.77. The van der Waals surface area contributed by atoms with Gasteiger partial charge in [0.1, 0.15) is 0 Å². The van der Waals surface area contributed by atoms with Crippen molar-refractivity contribution < 1.29 is 9.59 Å². The van der Waals surface area contributed by atoms with Gasteiger partial charge in [-0.2, -0.15) is 0 Å². The van der Waals surface area contributed by atoms with Crippen LogP contribution in [0.25, 0.3) is 0 Å². The summed E-state index contributed by atoms with van der Waals surface area (Å²) in [5, 5.41) is 7.23. The molecule has 1 aliphatic rings. The first-order valence-corrected chi connectivity index (χ1v) is 3.66. The quantitative estimate of drug-likeness (QED) is 0.572. The Hall–Kier alpha value is -1.39. The Labute approximate surface area is 70.5 Å². The molecular weight excluding hydrogens is 158 g/mol. The molecule has 0 aromatic rings. The van der Waals surface area contributed by atoms with E-state index in [1.54, 1.807) is 13.8 Å². The first-order chi connectivity index (χ1) is 5.46. The van der Waals surface area contributed by atoms with Gasteiger partial charge in [0.2, 0.25) is 0 Å². The summed E-state index contributed by atoms with van der Waals surface area (Å²) >= 11 is 0. The predicted octanol–water partition coefficient (Wildman–Crippen LogP) is 0.266. The number of rotatable bonds is 1. The van der Waals surface area contributed by atoms with E-state index in [0.29, 0.717) is 0 Å². The molecule has 0 aliphatic carbocycles. The standard InChI is InChI=1S/C7H11N3O2/c1-4(2)10-6(11)5(8)9(3)7(10)12/h4,8H,1-3H3. The average molecular weight is 169 g/mol. The fourth-order valence-electron chi connectivity index (χ4n) is 1.06. The van der Waals surface area contributed by atoms with Crippen molar-refractivity contribution in [2.75, 3.05) is 7.05 Å². The SMILES string of the molecule is CC(C)N1C(=O)C(=N)N(C)C1=O. The van der Waals surface area contributed by atoms with Crippen molar-refractivity contribution in [1.82, 2.24) is 9.80 Å². The van der Waals surface area contributed by atoms with Gasteiger partial charge < -0.3 is 0 Å². The van der Waals surface area contributed by atoms with Crippen molar-refractivity contribution in [2.45, 2.75) is 19.9 Å². The van der Waals surface area contributed by atoms with Gasteiger partial charge in [0.15, 0.2) is 5.84 Å². The summed E-state index contributed by atoms with van der Waals surface area (Å²) in [7, 11) is 1.42. The number of amidine groups is 1. The van der Waals surface area contributed by atoms with Crippen LogP contribution in [-0.2, 0) is 4.79 Å². The first kappa shape index (κ1) is 8.70. The molecule has 1 rings (SSSR count). The Bertz CT molecular complexity index is 259. The Balaban J connectivity index is 2.99. The second-order valence-corrected chi connectivity index (χ2v) is 2.96. The summed E-state index contributed by atoms with van der Waals surface area (Å²) in [5.41, 5.74) is 0. The highest BCUT2D eigenvalue weighted by molar-refractivity contribution is 6.45. The number of urea groups is 1. The van der Waals surface area contributed by atoms with Crippen molar-refractivity contribution in [3.05, 3.63) is 0 Å². The maximum absolute atomic E-state index is 11.3. The molecule has 0 aromatic heterocycles. The van der Waals surface area contributed by atoms with E-state index in [9.17, 15) is 9.59 Å². The number of carbonyl (C=O) groups is 2. The summed E-state index contributed by atoms with van der Waals surface area (Å²) in [5.74, 6) is -0.772.